The van der Waals surface area contributed by atoms with Crippen LogP contribution in [0, 0.1) is 13.8 Å². The summed E-state index contributed by atoms with van der Waals surface area (Å²) in [6.45, 7) is 9.16. The molecule has 0 saturated carbocycles. The summed E-state index contributed by atoms with van der Waals surface area (Å²) in [6.07, 6.45) is 2.40. The number of hydrogen-bond donors (Lipinski definition) is 0. The van der Waals surface area contributed by atoms with E-state index in [0.717, 1.165) is 17.0 Å². The number of aryl methyl sites for hydroxylation is 2. The number of morpholine rings is 1. The molecule has 2 atom stereocenters. The average molecular weight is 349 g/mol. The van der Waals surface area contributed by atoms with E-state index in [2.05, 4.69) is 15.1 Å². The summed E-state index contributed by atoms with van der Waals surface area (Å²) in [5.74, 6) is 0.689. The van der Waals surface area contributed by atoms with Gasteiger partial charge in [0.1, 0.15) is 0 Å². The van der Waals surface area contributed by atoms with Crippen LogP contribution in [0.5, 0.6) is 0 Å². The minimum atomic E-state index is 0.0694. The lowest BCUT2D eigenvalue weighted by atomic mass is 10.1. The molecule has 1 saturated heterocycles. The van der Waals surface area contributed by atoms with Crippen molar-refractivity contribution in [1.29, 1.82) is 0 Å². The maximum absolute atomic E-state index is 12.8. The van der Waals surface area contributed by atoms with Crippen molar-refractivity contribution >= 4 is 23.4 Å². The van der Waals surface area contributed by atoms with E-state index in [0.29, 0.717) is 30.4 Å². The van der Waals surface area contributed by atoms with Crippen LogP contribution in [-0.2, 0) is 16.0 Å². The fourth-order valence-corrected chi connectivity index (χ4v) is 3.51. The van der Waals surface area contributed by atoms with Crippen LogP contribution in [0.25, 0.3) is 5.78 Å². The van der Waals surface area contributed by atoms with Gasteiger partial charge in [-0.3, -0.25) is 4.79 Å². The third kappa shape index (κ3) is 3.25. The summed E-state index contributed by atoms with van der Waals surface area (Å²) in [6, 6.07) is 0. The van der Waals surface area contributed by atoms with Crippen LogP contribution >= 0.6 is 11.8 Å². The van der Waals surface area contributed by atoms with Crippen molar-refractivity contribution in [1.82, 2.24) is 24.5 Å². The van der Waals surface area contributed by atoms with Gasteiger partial charge in [0, 0.05) is 30.0 Å². The Bertz CT molecular complexity index is 765. The Morgan fingerprint density at radius 1 is 1.25 bits per heavy atom. The second-order valence-electron chi connectivity index (χ2n) is 6.30. The number of ether oxygens (including phenoxy) is 1. The van der Waals surface area contributed by atoms with Gasteiger partial charge >= 0.3 is 0 Å². The zero-order chi connectivity index (χ0) is 17.4. The van der Waals surface area contributed by atoms with Crippen LogP contribution in [0.15, 0.2) is 5.16 Å². The smallest absolute Gasteiger partial charge is 0.253 e. The fourth-order valence-electron chi connectivity index (χ4n) is 3.18. The molecule has 3 heterocycles. The number of hydrogen-bond acceptors (Lipinski definition) is 6. The molecular weight excluding hydrogens is 326 g/mol. The SMILES string of the molecule is CSc1nc2nc(C)c(CC(=O)N3CC(C)OC(C)C3)c(C)n2n1. The van der Waals surface area contributed by atoms with Gasteiger partial charge in [0.2, 0.25) is 11.1 Å². The lowest BCUT2D eigenvalue weighted by molar-refractivity contribution is -0.142. The Morgan fingerprint density at radius 2 is 1.92 bits per heavy atom. The van der Waals surface area contributed by atoms with Crippen LogP contribution in [0.4, 0.5) is 0 Å². The molecular formula is C16H23N5O2S. The molecule has 0 spiro atoms. The van der Waals surface area contributed by atoms with Crippen molar-refractivity contribution in [3.8, 4) is 0 Å². The molecule has 0 bridgehead atoms. The third-order valence-corrected chi connectivity index (χ3v) is 4.85. The molecule has 1 fully saturated rings. The van der Waals surface area contributed by atoms with Gasteiger partial charge in [-0.15, -0.1) is 5.10 Å². The summed E-state index contributed by atoms with van der Waals surface area (Å²) in [5.41, 5.74) is 2.69. The monoisotopic (exact) mass is 349 g/mol. The van der Waals surface area contributed by atoms with Crippen LogP contribution in [0.2, 0.25) is 0 Å². The number of fused-ring (bicyclic) bond motifs is 1. The van der Waals surface area contributed by atoms with E-state index >= 15 is 0 Å². The number of rotatable bonds is 3. The summed E-state index contributed by atoms with van der Waals surface area (Å²) in [4.78, 5) is 23.5. The van der Waals surface area contributed by atoms with Gasteiger partial charge in [0.15, 0.2) is 0 Å². The van der Waals surface area contributed by atoms with Crippen molar-refractivity contribution in [3.05, 3.63) is 17.0 Å². The van der Waals surface area contributed by atoms with Crippen LogP contribution in [-0.4, -0.2) is 61.9 Å². The standard InChI is InChI=1S/C16H23N5O2S/c1-9-7-20(8-10(2)23-9)14(22)6-13-11(3)17-15-18-16(24-5)19-21(15)12(13)4/h9-10H,6-8H2,1-5H3. The van der Waals surface area contributed by atoms with Crippen LogP contribution in [0.1, 0.15) is 30.8 Å². The number of carbonyl (C=O) groups is 1. The predicted octanol–water partition coefficient (Wildman–Crippen LogP) is 1.64. The lowest BCUT2D eigenvalue weighted by Gasteiger charge is -2.35. The zero-order valence-electron chi connectivity index (χ0n) is 14.7. The molecule has 2 aromatic heterocycles. The summed E-state index contributed by atoms with van der Waals surface area (Å²) < 4.78 is 7.43. The zero-order valence-corrected chi connectivity index (χ0v) is 15.6. The second kappa shape index (κ2) is 6.68. The molecule has 1 aliphatic heterocycles. The Labute approximate surface area is 145 Å². The molecule has 0 radical (unpaired) electrons. The molecule has 1 amide bonds. The largest absolute Gasteiger partial charge is 0.372 e. The number of amides is 1. The minimum Gasteiger partial charge on any atom is -0.372 e. The molecule has 0 aliphatic carbocycles. The highest BCUT2D eigenvalue weighted by atomic mass is 32.2. The quantitative estimate of drug-likeness (QED) is 0.785. The fraction of sp³-hybridized carbons (Fsp3) is 0.625. The van der Waals surface area contributed by atoms with Crippen molar-refractivity contribution in [2.75, 3.05) is 19.3 Å². The van der Waals surface area contributed by atoms with E-state index in [1.807, 2.05) is 38.9 Å². The van der Waals surface area contributed by atoms with Gasteiger partial charge in [-0.05, 0) is 34.0 Å². The molecule has 2 unspecified atom stereocenters. The average Bonchev–Trinajstić information content (AvgIpc) is 2.93. The Balaban J connectivity index is 1.87. The molecule has 2 aromatic rings. The second-order valence-corrected chi connectivity index (χ2v) is 7.08. The van der Waals surface area contributed by atoms with Gasteiger partial charge in [0.05, 0.1) is 18.6 Å². The van der Waals surface area contributed by atoms with E-state index in [-0.39, 0.29) is 18.1 Å². The number of nitrogens with zero attached hydrogens (tertiary/aromatic N) is 5. The van der Waals surface area contributed by atoms with E-state index in [9.17, 15) is 4.79 Å². The molecule has 24 heavy (non-hydrogen) atoms. The number of thioether (sulfide) groups is 1. The Kier molecular flexibility index (Phi) is 4.78. The van der Waals surface area contributed by atoms with Crippen molar-refractivity contribution in [3.63, 3.8) is 0 Å². The highest BCUT2D eigenvalue weighted by Crippen LogP contribution is 2.19. The van der Waals surface area contributed by atoms with E-state index < -0.39 is 0 Å². The first-order chi connectivity index (χ1) is 11.4. The maximum Gasteiger partial charge on any atom is 0.253 e. The van der Waals surface area contributed by atoms with Crippen molar-refractivity contribution < 1.29 is 9.53 Å². The third-order valence-electron chi connectivity index (χ3n) is 4.31. The molecule has 0 aromatic carbocycles. The Hall–Kier alpha value is -1.67. The molecule has 7 nitrogen and oxygen atoms in total. The van der Waals surface area contributed by atoms with Gasteiger partial charge in [0.25, 0.3) is 5.78 Å². The Morgan fingerprint density at radius 3 is 2.54 bits per heavy atom. The molecule has 0 N–H and O–H groups in total. The number of carbonyl (C=O) groups excluding carboxylic acids is 1. The number of aromatic nitrogens is 4. The highest BCUT2D eigenvalue weighted by Gasteiger charge is 2.27. The lowest BCUT2D eigenvalue weighted by Crippen LogP contribution is -2.48. The first-order valence-electron chi connectivity index (χ1n) is 8.09. The predicted molar refractivity (Wildman–Crippen MR) is 92.3 cm³/mol. The molecule has 3 rings (SSSR count). The first kappa shape index (κ1) is 17.2. The maximum atomic E-state index is 12.8. The van der Waals surface area contributed by atoms with E-state index in [1.54, 1.807) is 4.52 Å². The van der Waals surface area contributed by atoms with Crippen molar-refractivity contribution in [2.45, 2.75) is 51.5 Å². The summed E-state index contributed by atoms with van der Waals surface area (Å²) >= 11 is 1.48. The summed E-state index contributed by atoms with van der Waals surface area (Å²) in [7, 11) is 0. The van der Waals surface area contributed by atoms with Gasteiger partial charge < -0.3 is 9.64 Å². The topological polar surface area (TPSA) is 72.6 Å². The van der Waals surface area contributed by atoms with Crippen LogP contribution < -0.4 is 0 Å². The molecule has 1 aliphatic rings. The van der Waals surface area contributed by atoms with Crippen molar-refractivity contribution in [2.24, 2.45) is 0 Å². The summed E-state index contributed by atoms with van der Waals surface area (Å²) in [5, 5.41) is 5.12. The minimum absolute atomic E-state index is 0.0694. The van der Waals surface area contributed by atoms with E-state index in [1.165, 1.54) is 11.8 Å². The van der Waals surface area contributed by atoms with Gasteiger partial charge in [-0.1, -0.05) is 11.8 Å². The molecule has 130 valence electrons. The van der Waals surface area contributed by atoms with Gasteiger partial charge in [-0.2, -0.15) is 4.98 Å². The van der Waals surface area contributed by atoms with Crippen LogP contribution in [0.3, 0.4) is 0 Å². The van der Waals surface area contributed by atoms with E-state index in [4.69, 9.17) is 4.74 Å². The first-order valence-corrected chi connectivity index (χ1v) is 9.31. The van der Waals surface area contributed by atoms with Gasteiger partial charge in [-0.25, -0.2) is 9.50 Å². The highest BCUT2D eigenvalue weighted by molar-refractivity contribution is 7.98. The normalized spacial score (nSPS) is 21.5. The molecule has 8 heteroatoms.